The van der Waals surface area contributed by atoms with Crippen molar-refractivity contribution in [2.75, 3.05) is 0 Å². The van der Waals surface area contributed by atoms with Gasteiger partial charge < -0.3 is 10.2 Å². The summed E-state index contributed by atoms with van der Waals surface area (Å²) in [5, 5.41) is 11.4. The fraction of sp³-hybridized carbons (Fsp3) is 0.556. The summed E-state index contributed by atoms with van der Waals surface area (Å²) in [5.74, 6) is -1.18. The molecule has 0 aliphatic heterocycles. The van der Waals surface area contributed by atoms with Crippen molar-refractivity contribution >= 4 is 5.97 Å². The van der Waals surface area contributed by atoms with E-state index in [1.165, 1.54) is 10.9 Å². The Morgan fingerprint density at radius 1 is 1.57 bits per heavy atom. The number of aromatic carboxylic acids is 1. The summed E-state index contributed by atoms with van der Waals surface area (Å²) >= 11 is 0. The van der Waals surface area contributed by atoms with E-state index in [2.05, 4.69) is 5.10 Å². The molecule has 0 spiro atoms. The topological polar surface area (TPSA) is 75.1 Å². The van der Waals surface area contributed by atoms with E-state index >= 15 is 0 Å². The van der Waals surface area contributed by atoms with Gasteiger partial charge in [0.05, 0.1) is 6.04 Å². The normalized spacial score (nSPS) is 10.8. The molecule has 1 heterocycles. The number of carboxylic acids is 1. The number of hydrogen-bond donors (Lipinski definition) is 2. The van der Waals surface area contributed by atoms with Gasteiger partial charge in [-0.3, -0.25) is 4.79 Å². The quantitative estimate of drug-likeness (QED) is 0.764. The molecule has 2 N–H and O–H groups in total. The van der Waals surface area contributed by atoms with Crippen molar-refractivity contribution in [3.63, 3.8) is 0 Å². The van der Waals surface area contributed by atoms with Crippen LogP contribution < -0.4 is 5.56 Å². The zero-order valence-electron chi connectivity index (χ0n) is 8.28. The van der Waals surface area contributed by atoms with Crippen molar-refractivity contribution in [3.8, 4) is 0 Å². The van der Waals surface area contributed by atoms with Gasteiger partial charge in [-0.1, -0.05) is 13.8 Å². The Balaban J connectivity index is 3.12. The summed E-state index contributed by atoms with van der Waals surface area (Å²) < 4.78 is 1.38. The number of aromatic nitrogens is 2. The van der Waals surface area contributed by atoms with Gasteiger partial charge in [0.1, 0.15) is 5.56 Å². The third-order valence-electron chi connectivity index (χ3n) is 2.34. The van der Waals surface area contributed by atoms with Crippen LogP contribution in [-0.2, 0) is 0 Å². The van der Waals surface area contributed by atoms with Crippen molar-refractivity contribution in [3.05, 3.63) is 22.1 Å². The summed E-state index contributed by atoms with van der Waals surface area (Å²) in [6.07, 6.45) is 2.84. The smallest absolute Gasteiger partial charge is 0.342 e. The van der Waals surface area contributed by atoms with Crippen molar-refractivity contribution in [2.24, 2.45) is 0 Å². The Morgan fingerprint density at radius 2 is 2.14 bits per heavy atom. The maximum absolute atomic E-state index is 11.5. The first-order valence-corrected chi connectivity index (χ1v) is 4.65. The zero-order chi connectivity index (χ0) is 10.7. The minimum atomic E-state index is -1.18. The van der Waals surface area contributed by atoms with Crippen molar-refractivity contribution in [1.29, 1.82) is 0 Å². The fourth-order valence-corrected chi connectivity index (χ4v) is 1.46. The second-order valence-electron chi connectivity index (χ2n) is 3.14. The van der Waals surface area contributed by atoms with Gasteiger partial charge in [0, 0.05) is 6.20 Å². The maximum atomic E-state index is 11.5. The standard InChI is InChI=1S/C9H14N2O3/c1-3-6(4-2)11-8(12)7(5-10-11)9(13)14/h5-6,10H,3-4H2,1-2H3,(H,13,14). The van der Waals surface area contributed by atoms with Crippen LogP contribution in [0.3, 0.4) is 0 Å². The van der Waals surface area contributed by atoms with Gasteiger partial charge in [-0.15, -0.1) is 0 Å². The second kappa shape index (κ2) is 4.13. The minimum absolute atomic E-state index is 0.0515. The summed E-state index contributed by atoms with van der Waals surface area (Å²) in [5.41, 5.74) is -0.650. The molecule has 1 rings (SSSR count). The van der Waals surface area contributed by atoms with Crippen LogP contribution in [0.25, 0.3) is 0 Å². The van der Waals surface area contributed by atoms with Crippen molar-refractivity contribution < 1.29 is 9.90 Å². The van der Waals surface area contributed by atoms with Gasteiger partial charge in [0.2, 0.25) is 0 Å². The van der Waals surface area contributed by atoms with E-state index in [-0.39, 0.29) is 11.6 Å². The number of carbonyl (C=O) groups is 1. The molecule has 0 saturated heterocycles. The lowest BCUT2D eigenvalue weighted by molar-refractivity contribution is 0.0695. The first-order chi connectivity index (χ1) is 6.61. The molecule has 1 aromatic rings. The highest BCUT2D eigenvalue weighted by Gasteiger charge is 2.16. The molecule has 1 aromatic heterocycles. The summed E-state index contributed by atoms with van der Waals surface area (Å²) in [6.45, 7) is 3.92. The second-order valence-corrected chi connectivity index (χ2v) is 3.14. The SMILES string of the molecule is CCC(CC)n1[nH]cc(C(=O)O)c1=O. The third kappa shape index (κ3) is 1.71. The van der Waals surface area contributed by atoms with Crippen LogP contribution in [0, 0.1) is 0 Å². The Kier molecular flexibility index (Phi) is 3.11. The van der Waals surface area contributed by atoms with Crippen LogP contribution in [0.5, 0.6) is 0 Å². The first kappa shape index (κ1) is 10.6. The molecule has 0 aromatic carbocycles. The zero-order valence-corrected chi connectivity index (χ0v) is 8.28. The highest BCUT2D eigenvalue weighted by molar-refractivity contribution is 5.86. The average molecular weight is 198 g/mol. The fourth-order valence-electron chi connectivity index (χ4n) is 1.46. The van der Waals surface area contributed by atoms with Gasteiger partial charge >= 0.3 is 5.97 Å². The van der Waals surface area contributed by atoms with E-state index in [0.717, 1.165) is 12.8 Å². The number of hydrogen-bond acceptors (Lipinski definition) is 2. The molecule has 0 amide bonds. The maximum Gasteiger partial charge on any atom is 0.342 e. The lowest BCUT2D eigenvalue weighted by Crippen LogP contribution is -2.25. The molecular weight excluding hydrogens is 184 g/mol. The number of carboxylic acid groups (broad SMARTS) is 1. The van der Waals surface area contributed by atoms with Gasteiger partial charge in [-0.2, -0.15) is 0 Å². The Morgan fingerprint density at radius 3 is 2.50 bits per heavy atom. The molecule has 14 heavy (non-hydrogen) atoms. The molecule has 78 valence electrons. The largest absolute Gasteiger partial charge is 0.477 e. The van der Waals surface area contributed by atoms with E-state index in [1.807, 2.05) is 13.8 Å². The lowest BCUT2D eigenvalue weighted by atomic mass is 10.2. The average Bonchev–Trinajstić information content (AvgIpc) is 2.51. The van der Waals surface area contributed by atoms with Crippen molar-refractivity contribution in [1.82, 2.24) is 9.78 Å². The monoisotopic (exact) mass is 198 g/mol. The molecule has 0 atom stereocenters. The predicted octanol–water partition coefficient (Wildman–Crippen LogP) is 1.24. The molecule has 0 fully saturated rings. The summed E-state index contributed by atoms with van der Waals surface area (Å²) in [4.78, 5) is 22.1. The van der Waals surface area contributed by atoms with E-state index in [0.29, 0.717) is 0 Å². The Hall–Kier alpha value is -1.52. The van der Waals surface area contributed by atoms with Crippen LogP contribution in [0.4, 0.5) is 0 Å². The first-order valence-electron chi connectivity index (χ1n) is 4.65. The van der Waals surface area contributed by atoms with Crippen LogP contribution in [0.1, 0.15) is 43.1 Å². The minimum Gasteiger partial charge on any atom is -0.477 e. The van der Waals surface area contributed by atoms with Gasteiger partial charge in [-0.05, 0) is 12.8 Å². The summed E-state index contributed by atoms with van der Waals surface area (Å²) in [6, 6.07) is 0.0515. The summed E-state index contributed by atoms with van der Waals surface area (Å²) in [7, 11) is 0. The third-order valence-corrected chi connectivity index (χ3v) is 2.34. The highest BCUT2D eigenvalue weighted by Crippen LogP contribution is 2.11. The van der Waals surface area contributed by atoms with E-state index in [4.69, 9.17) is 5.11 Å². The van der Waals surface area contributed by atoms with Gasteiger partial charge in [-0.25, -0.2) is 9.48 Å². The molecule has 0 aliphatic rings. The van der Waals surface area contributed by atoms with Crippen molar-refractivity contribution in [2.45, 2.75) is 32.7 Å². The number of nitrogens with one attached hydrogen (secondary N) is 1. The lowest BCUT2D eigenvalue weighted by Gasteiger charge is -2.12. The van der Waals surface area contributed by atoms with Crippen LogP contribution in [-0.4, -0.2) is 20.9 Å². The van der Waals surface area contributed by atoms with E-state index in [1.54, 1.807) is 0 Å². The number of H-pyrrole nitrogens is 1. The predicted molar refractivity (Wildman–Crippen MR) is 51.6 cm³/mol. The Labute approximate surface area is 81.3 Å². The molecule has 5 heteroatoms. The van der Waals surface area contributed by atoms with E-state index < -0.39 is 11.5 Å². The van der Waals surface area contributed by atoms with E-state index in [9.17, 15) is 9.59 Å². The highest BCUT2D eigenvalue weighted by atomic mass is 16.4. The number of aromatic amines is 1. The van der Waals surface area contributed by atoms with Crippen LogP contribution in [0.2, 0.25) is 0 Å². The molecular formula is C9H14N2O3. The van der Waals surface area contributed by atoms with Gasteiger partial charge in [0.15, 0.2) is 0 Å². The van der Waals surface area contributed by atoms with Gasteiger partial charge in [0.25, 0.3) is 5.56 Å². The molecule has 0 bridgehead atoms. The molecule has 5 nitrogen and oxygen atoms in total. The Bertz CT molecular complexity index is 374. The number of rotatable bonds is 4. The molecule has 0 saturated carbocycles. The van der Waals surface area contributed by atoms with Crippen LogP contribution in [0.15, 0.2) is 11.0 Å². The molecule has 0 unspecified atom stereocenters. The molecule has 0 radical (unpaired) electrons. The van der Waals surface area contributed by atoms with Crippen LogP contribution >= 0.6 is 0 Å². The number of nitrogens with zero attached hydrogens (tertiary/aromatic N) is 1. The molecule has 0 aliphatic carbocycles.